The van der Waals surface area contributed by atoms with E-state index < -0.39 is 28.8 Å². The number of carbonyl (C=O) groups is 3. The summed E-state index contributed by atoms with van der Waals surface area (Å²) < 4.78 is 18.0. The molecule has 0 aromatic heterocycles. The van der Waals surface area contributed by atoms with Crippen LogP contribution in [0.2, 0.25) is 0 Å². The second kappa shape index (κ2) is 10.0. The fourth-order valence-corrected chi connectivity index (χ4v) is 4.61. The molecule has 0 radical (unpaired) electrons. The van der Waals surface area contributed by atoms with Crippen molar-refractivity contribution in [3.8, 4) is 5.75 Å². The molecule has 0 aliphatic heterocycles. The molecule has 1 aromatic rings. The van der Waals surface area contributed by atoms with E-state index in [2.05, 4.69) is 16.0 Å². The molecule has 2 aliphatic rings. The first kappa shape index (κ1) is 23.6. The average molecular weight is 450 g/mol. The maximum Gasteiger partial charge on any atom is 0.252 e. The lowest BCUT2D eigenvalue weighted by Crippen LogP contribution is -2.70. The van der Waals surface area contributed by atoms with E-state index in [0.29, 0.717) is 36.0 Å². The van der Waals surface area contributed by atoms with E-state index in [9.17, 15) is 18.9 Å². The number of hydrogen-bond donors (Lipinski definition) is 3. The lowest BCUT2D eigenvalue weighted by molar-refractivity contribution is -0.121. The SMILES string of the molecule is CNC(NC(C)=O)[C@@](C=O)(C[S+](C)[O-])NC(=O)c1ccc(C2CC2)c(OCC2CC2)c1. The van der Waals surface area contributed by atoms with Crippen LogP contribution in [-0.4, -0.2) is 60.0 Å². The van der Waals surface area contributed by atoms with Crippen molar-refractivity contribution in [3.63, 3.8) is 0 Å². The minimum Gasteiger partial charge on any atom is -0.616 e. The number of aldehydes is 1. The number of hydrogen-bond acceptors (Lipinski definition) is 6. The number of amides is 2. The number of benzene rings is 1. The van der Waals surface area contributed by atoms with Gasteiger partial charge in [0.25, 0.3) is 5.91 Å². The van der Waals surface area contributed by atoms with Crippen LogP contribution in [0.4, 0.5) is 0 Å². The zero-order chi connectivity index (χ0) is 22.6. The van der Waals surface area contributed by atoms with Crippen LogP contribution < -0.4 is 20.7 Å². The zero-order valence-electron chi connectivity index (χ0n) is 18.2. The van der Waals surface area contributed by atoms with E-state index in [4.69, 9.17) is 4.74 Å². The van der Waals surface area contributed by atoms with E-state index in [1.807, 2.05) is 6.07 Å². The van der Waals surface area contributed by atoms with Gasteiger partial charge in [-0.3, -0.25) is 14.9 Å². The lowest BCUT2D eigenvalue weighted by atomic mass is 9.98. The van der Waals surface area contributed by atoms with E-state index in [-0.39, 0.29) is 11.7 Å². The summed E-state index contributed by atoms with van der Waals surface area (Å²) in [5.74, 6) is 0.731. The molecule has 1 aromatic carbocycles. The smallest absolute Gasteiger partial charge is 0.252 e. The Kier molecular flexibility index (Phi) is 7.61. The summed E-state index contributed by atoms with van der Waals surface area (Å²) in [7, 11) is 1.55. The third kappa shape index (κ3) is 6.21. The topological polar surface area (TPSA) is 120 Å². The van der Waals surface area contributed by atoms with Gasteiger partial charge in [-0.1, -0.05) is 17.2 Å². The summed E-state index contributed by atoms with van der Waals surface area (Å²) >= 11 is -1.41. The van der Waals surface area contributed by atoms with Gasteiger partial charge in [-0.2, -0.15) is 0 Å². The van der Waals surface area contributed by atoms with Gasteiger partial charge in [-0.15, -0.1) is 0 Å². The molecule has 0 heterocycles. The van der Waals surface area contributed by atoms with Gasteiger partial charge in [-0.05, 0) is 62.3 Å². The largest absolute Gasteiger partial charge is 0.616 e. The summed E-state index contributed by atoms with van der Waals surface area (Å²) in [5, 5.41) is 8.17. The fraction of sp³-hybridized carbons (Fsp3) is 0.591. The van der Waals surface area contributed by atoms with Crippen molar-refractivity contribution in [2.75, 3.05) is 25.7 Å². The van der Waals surface area contributed by atoms with Crippen LogP contribution in [0.25, 0.3) is 0 Å². The van der Waals surface area contributed by atoms with Gasteiger partial charge in [0.1, 0.15) is 17.7 Å². The molecule has 2 amide bonds. The Morgan fingerprint density at radius 2 is 2.03 bits per heavy atom. The lowest BCUT2D eigenvalue weighted by Gasteiger charge is -2.36. The molecular formula is C22H31N3O5S. The van der Waals surface area contributed by atoms with Crippen molar-refractivity contribution in [1.29, 1.82) is 0 Å². The van der Waals surface area contributed by atoms with Crippen LogP contribution in [0.5, 0.6) is 5.75 Å². The number of rotatable bonds is 12. The average Bonchev–Trinajstić information content (AvgIpc) is 3.62. The molecule has 2 fully saturated rings. The molecule has 0 spiro atoms. The first-order valence-electron chi connectivity index (χ1n) is 10.6. The summed E-state index contributed by atoms with van der Waals surface area (Å²) in [6.07, 6.45) is 5.62. The summed E-state index contributed by atoms with van der Waals surface area (Å²) in [4.78, 5) is 36.9. The molecule has 0 bridgehead atoms. The Morgan fingerprint density at radius 3 is 2.55 bits per heavy atom. The van der Waals surface area contributed by atoms with Gasteiger partial charge >= 0.3 is 0 Å². The van der Waals surface area contributed by atoms with Crippen molar-refractivity contribution in [2.45, 2.75) is 50.2 Å². The Bertz CT molecular complexity index is 825. The maximum atomic E-state index is 13.1. The minimum atomic E-state index is -1.58. The van der Waals surface area contributed by atoms with Crippen LogP contribution in [0, 0.1) is 5.92 Å². The van der Waals surface area contributed by atoms with Gasteiger partial charge in [0.15, 0.2) is 11.8 Å². The Morgan fingerprint density at radius 1 is 1.32 bits per heavy atom. The molecule has 31 heavy (non-hydrogen) atoms. The third-order valence-electron chi connectivity index (χ3n) is 5.61. The van der Waals surface area contributed by atoms with Gasteiger partial charge in [0, 0.05) is 12.5 Å². The van der Waals surface area contributed by atoms with Gasteiger partial charge in [-0.25, -0.2) is 0 Å². The van der Waals surface area contributed by atoms with Gasteiger partial charge in [0.05, 0.1) is 12.9 Å². The fourth-order valence-electron chi connectivity index (χ4n) is 3.63. The number of likely N-dealkylation sites (N-methyl/N-ethyl adjacent to an activating group) is 1. The van der Waals surface area contributed by atoms with Crippen LogP contribution in [-0.2, 0) is 20.8 Å². The standard InChI is InChI=1S/C22H31N3O5S/c1-14(27)24-21(23-2)22(12-26,13-31(3)29)25-20(28)17-8-9-18(16-6-7-16)19(10-17)30-11-15-4-5-15/h8-10,12,15-16,21,23H,4-7,11,13H2,1-3H3,(H,24,27)(H,25,28)/t21?,22-,31?/m1/s1. The van der Waals surface area contributed by atoms with Crippen molar-refractivity contribution in [2.24, 2.45) is 5.92 Å². The molecule has 8 nitrogen and oxygen atoms in total. The Labute approximate surface area is 186 Å². The van der Waals surface area contributed by atoms with E-state index >= 15 is 0 Å². The van der Waals surface area contributed by atoms with Crippen LogP contribution in [0.1, 0.15) is 54.4 Å². The van der Waals surface area contributed by atoms with Gasteiger partial charge in [0.2, 0.25) is 5.91 Å². The molecule has 170 valence electrons. The maximum absolute atomic E-state index is 13.1. The Balaban J connectivity index is 1.85. The van der Waals surface area contributed by atoms with Crippen molar-refractivity contribution in [1.82, 2.24) is 16.0 Å². The van der Waals surface area contributed by atoms with Crippen molar-refractivity contribution in [3.05, 3.63) is 29.3 Å². The molecule has 2 saturated carbocycles. The minimum absolute atomic E-state index is 0.154. The molecular weight excluding hydrogens is 418 g/mol. The zero-order valence-corrected chi connectivity index (χ0v) is 19.1. The number of ether oxygens (including phenoxy) is 1. The number of nitrogens with one attached hydrogen (secondary N) is 3. The predicted molar refractivity (Wildman–Crippen MR) is 118 cm³/mol. The van der Waals surface area contributed by atoms with Gasteiger partial charge < -0.3 is 24.7 Å². The highest BCUT2D eigenvalue weighted by Crippen LogP contribution is 2.45. The number of carbonyl (C=O) groups excluding carboxylic acids is 3. The van der Waals surface area contributed by atoms with E-state index in [0.717, 1.165) is 18.4 Å². The molecule has 2 unspecified atom stereocenters. The van der Waals surface area contributed by atoms with E-state index in [1.54, 1.807) is 19.2 Å². The van der Waals surface area contributed by atoms with Crippen LogP contribution in [0.15, 0.2) is 18.2 Å². The molecule has 9 heteroatoms. The first-order chi connectivity index (χ1) is 14.8. The highest BCUT2D eigenvalue weighted by Gasteiger charge is 2.44. The summed E-state index contributed by atoms with van der Waals surface area (Å²) in [6.45, 7) is 1.95. The Hall–Kier alpha value is -2.10. The molecule has 0 saturated heterocycles. The van der Waals surface area contributed by atoms with Crippen molar-refractivity contribution < 1.29 is 23.7 Å². The highest BCUT2D eigenvalue weighted by atomic mass is 32.2. The van der Waals surface area contributed by atoms with Crippen molar-refractivity contribution >= 4 is 29.3 Å². The van der Waals surface area contributed by atoms with E-state index in [1.165, 1.54) is 26.0 Å². The third-order valence-corrected chi connectivity index (χ3v) is 6.50. The molecule has 3 N–H and O–H groups in total. The highest BCUT2D eigenvalue weighted by molar-refractivity contribution is 7.90. The second-order valence-electron chi connectivity index (χ2n) is 8.53. The predicted octanol–water partition coefficient (Wildman–Crippen LogP) is 1.08. The second-order valence-corrected chi connectivity index (χ2v) is 9.97. The molecule has 2 aliphatic carbocycles. The van der Waals surface area contributed by atoms with Crippen LogP contribution in [0.3, 0.4) is 0 Å². The summed E-state index contributed by atoms with van der Waals surface area (Å²) in [5.41, 5.74) is -0.123. The molecule has 3 atom stereocenters. The monoisotopic (exact) mass is 449 g/mol. The first-order valence-corrected chi connectivity index (χ1v) is 12.3. The molecule has 3 rings (SSSR count). The summed E-state index contributed by atoms with van der Waals surface area (Å²) in [6, 6.07) is 5.35. The van der Waals surface area contributed by atoms with Crippen LogP contribution >= 0.6 is 0 Å². The quantitative estimate of drug-likeness (QED) is 0.250. The normalized spacial score (nSPS) is 19.6.